The van der Waals surface area contributed by atoms with Crippen LogP contribution in [-0.2, 0) is 4.87 Å². The summed E-state index contributed by atoms with van der Waals surface area (Å²) >= 11 is 1.61. The van der Waals surface area contributed by atoms with Crippen LogP contribution in [0.2, 0.25) is 0 Å². The molecule has 0 bridgehead atoms. The number of halogens is 1. The van der Waals surface area contributed by atoms with E-state index in [9.17, 15) is 4.48 Å². The average Bonchev–Trinajstić information content (AvgIpc) is 2.46. The monoisotopic (exact) mass is 300 g/mol. The fraction of sp³-hybridized carbons (Fsp3) is 0.600. The minimum Gasteiger partial charge on any atom is -0.497 e. The maximum Gasteiger partial charge on any atom is 0.118 e. The zero-order valence-electron chi connectivity index (χ0n) is 12.7. The zero-order valence-corrected chi connectivity index (χ0v) is 13.5. The average molecular weight is 300 g/mol. The first kappa shape index (κ1) is 17.3. The Hall–Kier alpha value is -0.780. The Balaban J connectivity index is 3.00. The molecule has 20 heavy (non-hydrogen) atoms. The van der Waals surface area contributed by atoms with E-state index in [-0.39, 0.29) is 6.54 Å². The number of rotatable bonds is 8. The van der Waals surface area contributed by atoms with Gasteiger partial charge in [-0.05, 0) is 31.0 Å². The molecule has 0 fully saturated rings. The summed E-state index contributed by atoms with van der Waals surface area (Å²) in [6, 6.07) is 7.56. The third-order valence-corrected chi connectivity index (χ3v) is 4.84. The molecular weight excluding hydrogens is 275 g/mol. The lowest BCUT2D eigenvalue weighted by Gasteiger charge is -2.33. The minimum absolute atomic E-state index is 0.171. The van der Waals surface area contributed by atoms with E-state index in [2.05, 4.69) is 13.8 Å². The molecule has 1 rings (SSSR count). The summed E-state index contributed by atoms with van der Waals surface area (Å²) in [6.07, 6.45) is 0.998. The van der Waals surface area contributed by atoms with Crippen molar-refractivity contribution in [3.05, 3.63) is 29.8 Å². The van der Waals surface area contributed by atoms with Crippen LogP contribution >= 0.6 is 11.8 Å². The molecule has 0 saturated carbocycles. The van der Waals surface area contributed by atoms with Gasteiger partial charge in [-0.2, -0.15) is 0 Å². The largest absolute Gasteiger partial charge is 0.497 e. The molecule has 0 aromatic heterocycles. The highest BCUT2D eigenvalue weighted by molar-refractivity contribution is 8.00. The third kappa shape index (κ3) is 4.65. The van der Waals surface area contributed by atoms with Gasteiger partial charge in [0, 0.05) is 11.8 Å². The van der Waals surface area contributed by atoms with Crippen molar-refractivity contribution >= 4 is 11.8 Å². The molecule has 1 aromatic carbocycles. The third-order valence-electron chi connectivity index (χ3n) is 3.31. The molecular formula is C15H25FN2OS. The van der Waals surface area contributed by atoms with Gasteiger partial charge in [0.15, 0.2) is 0 Å². The first-order chi connectivity index (χ1) is 9.45. The molecule has 2 unspecified atom stereocenters. The standard InChI is InChI=1S/C15H25FN2OS/c1-5-12(3)20-15(17,11-18(16)6-2)13-7-9-14(19-4)10-8-13/h7-10,12H,5-6,11,17H2,1-4H3. The molecule has 2 atom stereocenters. The van der Waals surface area contributed by atoms with Gasteiger partial charge in [-0.1, -0.05) is 26.0 Å². The molecule has 0 heterocycles. The predicted molar refractivity (Wildman–Crippen MR) is 84.6 cm³/mol. The number of nitrogens with two attached hydrogens (primary N) is 1. The smallest absolute Gasteiger partial charge is 0.118 e. The van der Waals surface area contributed by atoms with Gasteiger partial charge in [0.1, 0.15) is 10.6 Å². The number of methoxy groups -OCH3 is 1. The number of nitrogens with zero attached hydrogens (tertiary/aromatic N) is 1. The van der Waals surface area contributed by atoms with Crippen molar-refractivity contribution in [3.63, 3.8) is 0 Å². The lowest BCUT2D eigenvalue weighted by atomic mass is 10.1. The van der Waals surface area contributed by atoms with Crippen molar-refractivity contribution in [1.29, 1.82) is 0 Å². The Labute approximate surface area is 125 Å². The van der Waals surface area contributed by atoms with Crippen LogP contribution in [0, 0.1) is 0 Å². The van der Waals surface area contributed by atoms with Crippen molar-refractivity contribution < 1.29 is 9.22 Å². The van der Waals surface area contributed by atoms with Crippen LogP contribution in [0.15, 0.2) is 24.3 Å². The number of benzene rings is 1. The van der Waals surface area contributed by atoms with Gasteiger partial charge in [-0.15, -0.1) is 21.4 Å². The van der Waals surface area contributed by atoms with Crippen molar-refractivity contribution in [1.82, 2.24) is 5.12 Å². The number of ether oxygens (including phenoxy) is 1. The summed E-state index contributed by atoms with van der Waals surface area (Å²) in [6.45, 7) is 6.51. The first-order valence-corrected chi connectivity index (χ1v) is 7.85. The number of thioether (sulfide) groups is 1. The maximum atomic E-state index is 13.7. The predicted octanol–water partition coefficient (Wildman–Crippen LogP) is 3.54. The molecule has 0 aliphatic carbocycles. The zero-order chi connectivity index (χ0) is 15.2. The minimum atomic E-state index is -0.757. The van der Waals surface area contributed by atoms with Crippen molar-refractivity contribution in [3.8, 4) is 5.75 Å². The van der Waals surface area contributed by atoms with Gasteiger partial charge in [-0.25, -0.2) is 0 Å². The van der Waals surface area contributed by atoms with Crippen LogP contribution in [0.1, 0.15) is 32.8 Å². The molecule has 0 aliphatic heterocycles. The second-order valence-electron chi connectivity index (χ2n) is 4.89. The van der Waals surface area contributed by atoms with E-state index in [0.717, 1.165) is 22.9 Å². The van der Waals surface area contributed by atoms with E-state index in [4.69, 9.17) is 10.5 Å². The summed E-state index contributed by atoms with van der Waals surface area (Å²) in [5.41, 5.74) is 7.42. The number of likely N-dealkylation sites (N-methyl/N-ethyl adjacent to an activating group) is 1. The van der Waals surface area contributed by atoms with Crippen molar-refractivity contribution in [2.75, 3.05) is 20.2 Å². The maximum absolute atomic E-state index is 13.7. The van der Waals surface area contributed by atoms with E-state index in [1.165, 1.54) is 0 Å². The van der Waals surface area contributed by atoms with Gasteiger partial charge in [0.05, 0.1) is 13.7 Å². The summed E-state index contributed by atoms with van der Waals surface area (Å²) in [4.78, 5) is -0.757. The number of hydrogen-bond acceptors (Lipinski definition) is 4. The molecule has 2 N–H and O–H groups in total. The normalized spacial score (nSPS) is 15.9. The highest BCUT2D eigenvalue weighted by Crippen LogP contribution is 2.37. The lowest BCUT2D eigenvalue weighted by molar-refractivity contribution is 0.0208. The van der Waals surface area contributed by atoms with Crippen LogP contribution in [0.5, 0.6) is 5.75 Å². The van der Waals surface area contributed by atoms with E-state index >= 15 is 0 Å². The molecule has 5 heteroatoms. The van der Waals surface area contributed by atoms with Gasteiger partial charge in [-0.3, -0.25) is 0 Å². The molecule has 1 aromatic rings. The Morgan fingerprint density at radius 1 is 1.35 bits per heavy atom. The Morgan fingerprint density at radius 2 is 1.95 bits per heavy atom. The van der Waals surface area contributed by atoms with Crippen molar-refractivity contribution in [2.45, 2.75) is 37.3 Å². The highest BCUT2D eigenvalue weighted by atomic mass is 32.2. The van der Waals surface area contributed by atoms with E-state index in [1.54, 1.807) is 25.8 Å². The Morgan fingerprint density at radius 3 is 2.40 bits per heavy atom. The Kier molecular flexibility index (Phi) is 6.79. The van der Waals surface area contributed by atoms with E-state index < -0.39 is 4.87 Å². The topological polar surface area (TPSA) is 38.5 Å². The molecule has 114 valence electrons. The van der Waals surface area contributed by atoms with Gasteiger partial charge < -0.3 is 10.5 Å². The fourth-order valence-corrected chi connectivity index (χ4v) is 3.25. The van der Waals surface area contributed by atoms with Crippen LogP contribution in [0.25, 0.3) is 0 Å². The Bertz CT molecular complexity index is 387. The number of hydrogen-bond donors (Lipinski definition) is 1. The summed E-state index contributed by atoms with van der Waals surface area (Å²) in [5, 5.41) is 1.13. The van der Waals surface area contributed by atoms with Crippen molar-refractivity contribution in [2.24, 2.45) is 5.73 Å². The molecule has 0 amide bonds. The van der Waals surface area contributed by atoms with Gasteiger partial charge in [0.25, 0.3) is 0 Å². The second-order valence-corrected chi connectivity index (χ2v) is 6.66. The molecule has 0 spiro atoms. The summed E-state index contributed by atoms with van der Waals surface area (Å²) in [7, 11) is 1.62. The van der Waals surface area contributed by atoms with Crippen LogP contribution in [-0.4, -0.2) is 30.6 Å². The highest BCUT2D eigenvalue weighted by Gasteiger charge is 2.32. The second kappa shape index (κ2) is 7.86. The van der Waals surface area contributed by atoms with Gasteiger partial charge in [0.2, 0.25) is 0 Å². The SMILES string of the molecule is CCC(C)SC(N)(CN(F)CC)c1ccc(OC)cc1. The van der Waals surface area contributed by atoms with Crippen LogP contribution < -0.4 is 10.5 Å². The fourth-order valence-electron chi connectivity index (χ4n) is 1.88. The van der Waals surface area contributed by atoms with E-state index in [1.807, 2.05) is 24.3 Å². The molecule has 0 aliphatic rings. The summed E-state index contributed by atoms with van der Waals surface area (Å²) < 4.78 is 18.9. The van der Waals surface area contributed by atoms with Crippen LogP contribution in [0.3, 0.4) is 0 Å². The first-order valence-electron chi connectivity index (χ1n) is 6.97. The van der Waals surface area contributed by atoms with E-state index in [0.29, 0.717) is 11.8 Å². The quantitative estimate of drug-likeness (QED) is 0.588. The van der Waals surface area contributed by atoms with Crippen LogP contribution in [0.4, 0.5) is 4.48 Å². The molecule has 3 nitrogen and oxygen atoms in total. The molecule has 0 saturated heterocycles. The summed E-state index contributed by atoms with van der Waals surface area (Å²) in [5.74, 6) is 0.775. The van der Waals surface area contributed by atoms with Gasteiger partial charge >= 0.3 is 0 Å². The lowest BCUT2D eigenvalue weighted by Crippen LogP contribution is -2.43. The molecule has 0 radical (unpaired) electrons.